The zero-order valence-corrected chi connectivity index (χ0v) is 14.7. The summed E-state index contributed by atoms with van der Waals surface area (Å²) < 4.78 is 5.14. The molecule has 2 aromatic carbocycles. The molecule has 2 aromatic rings. The van der Waals surface area contributed by atoms with Crippen molar-refractivity contribution in [3.63, 3.8) is 0 Å². The normalized spacial score (nSPS) is 10.2. The van der Waals surface area contributed by atoms with Gasteiger partial charge in [-0.15, -0.1) is 11.8 Å². The second-order valence-electron chi connectivity index (χ2n) is 5.27. The fourth-order valence-electron chi connectivity index (χ4n) is 2.11. The molecule has 0 aliphatic rings. The lowest BCUT2D eigenvalue weighted by Crippen LogP contribution is -2.10. The van der Waals surface area contributed by atoms with Crippen LogP contribution < -0.4 is 10.1 Å². The Balaban J connectivity index is 1.89. The highest BCUT2D eigenvalue weighted by atomic mass is 32.2. The van der Waals surface area contributed by atoms with E-state index in [1.807, 2.05) is 43.3 Å². The average Bonchev–Trinajstić information content (AvgIpc) is 2.61. The number of hydrogen-bond donors (Lipinski definition) is 1. The van der Waals surface area contributed by atoms with Crippen LogP contribution in [0, 0.1) is 0 Å². The molecule has 4 nitrogen and oxygen atoms in total. The Hall–Kier alpha value is -2.27. The van der Waals surface area contributed by atoms with Gasteiger partial charge in [0.25, 0.3) is 0 Å². The first-order valence-corrected chi connectivity index (χ1v) is 8.81. The third-order valence-electron chi connectivity index (χ3n) is 3.38. The maximum atomic E-state index is 12.2. The standard InChI is InChI=1S/C19H21NO3S/c1-3-5-19(22)20-15-8-10-17(11-9-15)24-13-18(21)14-6-4-7-16(12-14)23-2/h4,6-12H,3,5,13H2,1-2H3,(H,20,22). The molecule has 0 bridgehead atoms. The van der Waals surface area contributed by atoms with Gasteiger partial charge in [-0.25, -0.2) is 0 Å². The van der Waals surface area contributed by atoms with Crippen molar-refractivity contribution in [3.05, 3.63) is 54.1 Å². The molecule has 126 valence electrons. The van der Waals surface area contributed by atoms with Gasteiger partial charge in [0.1, 0.15) is 5.75 Å². The number of carbonyl (C=O) groups is 2. The number of ketones is 1. The van der Waals surface area contributed by atoms with Gasteiger partial charge in [-0.2, -0.15) is 0 Å². The van der Waals surface area contributed by atoms with Crippen LogP contribution in [-0.2, 0) is 4.79 Å². The van der Waals surface area contributed by atoms with Crippen LogP contribution in [0.25, 0.3) is 0 Å². The summed E-state index contributed by atoms with van der Waals surface area (Å²) in [6.45, 7) is 1.97. The number of anilines is 1. The lowest BCUT2D eigenvalue weighted by atomic mass is 10.1. The minimum atomic E-state index is 0.0195. The topological polar surface area (TPSA) is 55.4 Å². The number of methoxy groups -OCH3 is 1. The van der Waals surface area contributed by atoms with Crippen molar-refractivity contribution < 1.29 is 14.3 Å². The summed E-state index contributed by atoms with van der Waals surface area (Å²) in [4.78, 5) is 24.8. The Kier molecular flexibility index (Phi) is 6.88. The summed E-state index contributed by atoms with van der Waals surface area (Å²) in [5.74, 6) is 1.11. The van der Waals surface area contributed by atoms with Gasteiger partial charge in [-0.3, -0.25) is 9.59 Å². The SMILES string of the molecule is CCCC(=O)Nc1ccc(SCC(=O)c2cccc(OC)c2)cc1. The number of amides is 1. The fourth-order valence-corrected chi connectivity index (χ4v) is 2.91. The summed E-state index contributed by atoms with van der Waals surface area (Å²) in [5, 5.41) is 2.84. The average molecular weight is 343 g/mol. The molecule has 0 radical (unpaired) electrons. The third kappa shape index (κ3) is 5.42. The molecule has 0 spiro atoms. The zero-order chi connectivity index (χ0) is 17.4. The van der Waals surface area contributed by atoms with Crippen LogP contribution in [0.1, 0.15) is 30.1 Å². The van der Waals surface area contributed by atoms with Gasteiger partial charge in [-0.1, -0.05) is 19.1 Å². The molecule has 0 heterocycles. The van der Waals surface area contributed by atoms with E-state index in [0.717, 1.165) is 17.0 Å². The Morgan fingerprint density at radius 3 is 2.54 bits per heavy atom. The minimum absolute atomic E-state index is 0.0195. The highest BCUT2D eigenvalue weighted by Crippen LogP contribution is 2.22. The fraction of sp³-hybridized carbons (Fsp3) is 0.263. The van der Waals surface area contributed by atoms with E-state index in [9.17, 15) is 9.59 Å². The van der Waals surface area contributed by atoms with Crippen LogP contribution in [0.3, 0.4) is 0 Å². The molecule has 2 rings (SSSR count). The number of rotatable bonds is 8. The van der Waals surface area contributed by atoms with E-state index < -0.39 is 0 Å². The van der Waals surface area contributed by atoms with Crippen LogP contribution in [-0.4, -0.2) is 24.6 Å². The molecule has 0 atom stereocenters. The van der Waals surface area contributed by atoms with Crippen molar-refractivity contribution in [1.29, 1.82) is 0 Å². The molecule has 0 fully saturated rings. The molecule has 5 heteroatoms. The number of hydrogen-bond acceptors (Lipinski definition) is 4. The minimum Gasteiger partial charge on any atom is -0.497 e. The van der Waals surface area contributed by atoms with Gasteiger partial charge >= 0.3 is 0 Å². The van der Waals surface area contributed by atoms with Crippen molar-refractivity contribution in [1.82, 2.24) is 0 Å². The third-order valence-corrected chi connectivity index (χ3v) is 4.39. The molecular weight excluding hydrogens is 322 g/mol. The molecule has 0 saturated heterocycles. The van der Waals surface area contributed by atoms with Crippen molar-refractivity contribution >= 4 is 29.1 Å². The summed E-state index contributed by atoms with van der Waals surface area (Å²) in [5.41, 5.74) is 1.42. The first-order chi connectivity index (χ1) is 11.6. The molecule has 0 unspecified atom stereocenters. The quantitative estimate of drug-likeness (QED) is 0.570. The van der Waals surface area contributed by atoms with E-state index in [0.29, 0.717) is 23.5 Å². The lowest BCUT2D eigenvalue weighted by Gasteiger charge is -2.06. The second kappa shape index (κ2) is 9.13. The van der Waals surface area contributed by atoms with E-state index >= 15 is 0 Å². The first-order valence-electron chi connectivity index (χ1n) is 7.82. The largest absolute Gasteiger partial charge is 0.497 e. The predicted octanol–water partition coefficient (Wildman–Crippen LogP) is 4.41. The van der Waals surface area contributed by atoms with Crippen LogP contribution in [0.4, 0.5) is 5.69 Å². The van der Waals surface area contributed by atoms with Crippen LogP contribution >= 0.6 is 11.8 Å². The Morgan fingerprint density at radius 2 is 1.88 bits per heavy atom. The molecular formula is C19H21NO3S. The molecule has 0 aliphatic heterocycles. The van der Waals surface area contributed by atoms with Crippen LogP contribution in [0.15, 0.2) is 53.4 Å². The van der Waals surface area contributed by atoms with E-state index in [2.05, 4.69) is 5.32 Å². The van der Waals surface area contributed by atoms with Crippen LogP contribution in [0.2, 0.25) is 0 Å². The van der Waals surface area contributed by atoms with Gasteiger partial charge in [-0.05, 0) is 42.8 Å². The summed E-state index contributed by atoms with van der Waals surface area (Å²) in [6.07, 6.45) is 1.34. The monoisotopic (exact) mass is 343 g/mol. The summed E-state index contributed by atoms with van der Waals surface area (Å²) in [7, 11) is 1.58. The number of thioether (sulfide) groups is 1. The maximum Gasteiger partial charge on any atom is 0.224 e. The Morgan fingerprint density at radius 1 is 1.12 bits per heavy atom. The second-order valence-corrected chi connectivity index (χ2v) is 6.32. The summed E-state index contributed by atoms with van der Waals surface area (Å²) >= 11 is 1.47. The van der Waals surface area contributed by atoms with Gasteiger partial charge in [0, 0.05) is 22.6 Å². The van der Waals surface area contributed by atoms with E-state index in [-0.39, 0.29) is 11.7 Å². The number of ether oxygens (including phenoxy) is 1. The Bertz CT molecular complexity index is 698. The molecule has 1 N–H and O–H groups in total. The number of benzene rings is 2. The number of Topliss-reactive ketones (excluding diaryl/α,β-unsaturated/α-hetero) is 1. The highest BCUT2D eigenvalue weighted by Gasteiger charge is 2.08. The first kappa shape index (κ1) is 18.1. The number of nitrogens with one attached hydrogen (secondary N) is 1. The van der Waals surface area contributed by atoms with Gasteiger partial charge in [0.2, 0.25) is 5.91 Å². The van der Waals surface area contributed by atoms with Crippen LogP contribution in [0.5, 0.6) is 5.75 Å². The van der Waals surface area contributed by atoms with E-state index in [4.69, 9.17) is 4.74 Å². The molecule has 0 aliphatic carbocycles. The van der Waals surface area contributed by atoms with Gasteiger partial charge in [0.05, 0.1) is 12.9 Å². The summed E-state index contributed by atoms with van der Waals surface area (Å²) in [6, 6.07) is 14.7. The lowest BCUT2D eigenvalue weighted by molar-refractivity contribution is -0.116. The van der Waals surface area contributed by atoms with Gasteiger partial charge < -0.3 is 10.1 Å². The molecule has 24 heavy (non-hydrogen) atoms. The van der Waals surface area contributed by atoms with E-state index in [1.165, 1.54) is 11.8 Å². The zero-order valence-electron chi connectivity index (χ0n) is 13.9. The molecule has 0 aromatic heterocycles. The molecule has 1 amide bonds. The van der Waals surface area contributed by atoms with Crippen molar-refractivity contribution in [2.75, 3.05) is 18.2 Å². The van der Waals surface area contributed by atoms with E-state index in [1.54, 1.807) is 19.2 Å². The predicted molar refractivity (Wildman–Crippen MR) is 98.0 cm³/mol. The Labute approximate surface area is 146 Å². The molecule has 0 saturated carbocycles. The van der Waals surface area contributed by atoms with Gasteiger partial charge in [0.15, 0.2) is 5.78 Å². The number of carbonyl (C=O) groups excluding carboxylic acids is 2. The smallest absolute Gasteiger partial charge is 0.224 e. The van der Waals surface area contributed by atoms with Crippen molar-refractivity contribution in [2.24, 2.45) is 0 Å². The van der Waals surface area contributed by atoms with Crippen molar-refractivity contribution in [3.8, 4) is 5.75 Å². The van der Waals surface area contributed by atoms with Crippen molar-refractivity contribution in [2.45, 2.75) is 24.7 Å². The highest BCUT2D eigenvalue weighted by molar-refractivity contribution is 8.00. The maximum absolute atomic E-state index is 12.2.